The van der Waals surface area contributed by atoms with E-state index in [9.17, 15) is 4.79 Å². The van der Waals surface area contributed by atoms with E-state index < -0.39 is 0 Å². The molecule has 2 aromatic heterocycles. The highest BCUT2D eigenvalue weighted by atomic mass is 16.5. The predicted molar refractivity (Wildman–Crippen MR) is 131 cm³/mol. The number of nitrogen functional groups attached to an aromatic ring is 3. The molecule has 180 valence electrons. The van der Waals surface area contributed by atoms with Gasteiger partial charge in [0.25, 0.3) is 5.91 Å². The van der Waals surface area contributed by atoms with Crippen LogP contribution in [0.3, 0.4) is 0 Å². The van der Waals surface area contributed by atoms with Crippen LogP contribution in [0.5, 0.6) is 0 Å². The Kier molecular flexibility index (Phi) is 7.58. The molecule has 1 aliphatic rings. The van der Waals surface area contributed by atoms with Crippen LogP contribution in [0.25, 0.3) is 0 Å². The molecule has 34 heavy (non-hydrogen) atoms. The molecule has 1 aromatic carbocycles. The lowest BCUT2D eigenvalue weighted by Gasteiger charge is -2.26. The van der Waals surface area contributed by atoms with Crippen LogP contribution in [0.2, 0.25) is 0 Å². The largest absolute Gasteiger partial charge is 0.395 e. The lowest BCUT2D eigenvalue weighted by molar-refractivity contribution is 0.0383. The van der Waals surface area contributed by atoms with Gasteiger partial charge in [0.15, 0.2) is 5.82 Å². The molecular formula is C23H31N9O2. The number of aromatic nitrogens is 3. The summed E-state index contributed by atoms with van der Waals surface area (Å²) in [5.41, 5.74) is 18.4. The summed E-state index contributed by atoms with van der Waals surface area (Å²) in [6.45, 7) is 5.37. The van der Waals surface area contributed by atoms with Crippen molar-refractivity contribution in [1.29, 1.82) is 0 Å². The van der Waals surface area contributed by atoms with Gasteiger partial charge in [-0.05, 0) is 34.9 Å². The summed E-state index contributed by atoms with van der Waals surface area (Å²) < 4.78 is 7.18. The second-order valence-electron chi connectivity index (χ2n) is 8.24. The minimum absolute atomic E-state index is 0.0678. The molecule has 0 aliphatic carbocycles. The van der Waals surface area contributed by atoms with Gasteiger partial charge in [0.1, 0.15) is 5.82 Å². The number of nitrogens with zero attached hydrogens (tertiary/aromatic N) is 4. The smallest absolute Gasteiger partial charge is 0.251 e. The van der Waals surface area contributed by atoms with Gasteiger partial charge >= 0.3 is 0 Å². The van der Waals surface area contributed by atoms with Crippen LogP contribution in [0, 0.1) is 0 Å². The van der Waals surface area contributed by atoms with E-state index in [-0.39, 0.29) is 5.91 Å². The van der Waals surface area contributed by atoms with Crippen LogP contribution in [0.15, 0.2) is 42.7 Å². The van der Waals surface area contributed by atoms with Crippen molar-refractivity contribution < 1.29 is 9.53 Å². The van der Waals surface area contributed by atoms with Crippen LogP contribution in [-0.2, 0) is 17.7 Å². The Labute approximate surface area is 198 Å². The molecule has 3 aromatic rings. The van der Waals surface area contributed by atoms with Crippen molar-refractivity contribution in [3.8, 4) is 0 Å². The third kappa shape index (κ3) is 6.01. The summed E-state index contributed by atoms with van der Waals surface area (Å²) >= 11 is 0. The molecule has 1 amide bonds. The van der Waals surface area contributed by atoms with Crippen molar-refractivity contribution in [2.45, 2.75) is 13.0 Å². The number of pyridine rings is 1. The number of amides is 1. The number of benzene rings is 1. The van der Waals surface area contributed by atoms with Crippen LogP contribution in [0.1, 0.15) is 27.0 Å². The maximum atomic E-state index is 12.4. The molecule has 0 unspecified atom stereocenters. The summed E-state index contributed by atoms with van der Waals surface area (Å²) in [6.07, 6.45) is 4.30. The predicted octanol–water partition coefficient (Wildman–Crippen LogP) is 0.429. The first-order chi connectivity index (χ1) is 16.5. The van der Waals surface area contributed by atoms with Crippen LogP contribution in [-0.4, -0.2) is 65.0 Å². The molecule has 1 saturated heterocycles. The van der Waals surface area contributed by atoms with Crippen molar-refractivity contribution in [1.82, 2.24) is 25.0 Å². The molecule has 1 aliphatic heterocycles. The lowest BCUT2D eigenvalue weighted by atomic mass is 10.1. The van der Waals surface area contributed by atoms with E-state index in [4.69, 9.17) is 22.0 Å². The van der Waals surface area contributed by atoms with Gasteiger partial charge in [-0.1, -0.05) is 12.1 Å². The topological polar surface area (TPSA) is 162 Å². The van der Waals surface area contributed by atoms with Gasteiger partial charge in [0, 0.05) is 44.4 Å². The number of hydrazine groups is 1. The molecule has 0 bridgehead atoms. The molecule has 0 atom stereocenters. The second kappa shape index (κ2) is 11.0. The van der Waals surface area contributed by atoms with Gasteiger partial charge < -0.3 is 26.9 Å². The number of anilines is 3. The van der Waals surface area contributed by atoms with Crippen molar-refractivity contribution in [3.63, 3.8) is 0 Å². The molecular weight excluding hydrogens is 434 g/mol. The Morgan fingerprint density at radius 3 is 2.62 bits per heavy atom. The standard InChI is InChI=1S/C23H31N9O2/c24-20-12-19(21(25)22(29-20)30-26)11-17-13-28-32(15-17)14-16-1-3-18(4-2-16)23(33)27-5-6-31-7-9-34-10-8-31/h1-4,12-13,15H,5-11,14,25-26H2,(H,27,33)(H3,24,29,30). The van der Waals surface area contributed by atoms with Crippen LogP contribution >= 0.6 is 0 Å². The molecule has 0 saturated carbocycles. The Bertz CT molecular complexity index is 1110. The molecule has 11 nitrogen and oxygen atoms in total. The number of carbonyl (C=O) groups excluding carboxylic acids is 1. The number of rotatable bonds is 9. The number of ether oxygens (including phenoxy) is 1. The Morgan fingerprint density at radius 2 is 1.88 bits per heavy atom. The maximum absolute atomic E-state index is 12.4. The average molecular weight is 466 g/mol. The molecule has 4 rings (SSSR count). The van der Waals surface area contributed by atoms with E-state index in [2.05, 4.69) is 25.7 Å². The minimum Gasteiger partial charge on any atom is -0.395 e. The highest BCUT2D eigenvalue weighted by molar-refractivity contribution is 5.94. The first-order valence-corrected chi connectivity index (χ1v) is 11.2. The van der Waals surface area contributed by atoms with Gasteiger partial charge in [-0.2, -0.15) is 5.10 Å². The summed E-state index contributed by atoms with van der Waals surface area (Å²) in [7, 11) is 0. The van der Waals surface area contributed by atoms with Crippen molar-refractivity contribution in [2.24, 2.45) is 5.84 Å². The number of hydrogen-bond acceptors (Lipinski definition) is 9. The number of nitrogens with one attached hydrogen (secondary N) is 2. The lowest BCUT2D eigenvalue weighted by Crippen LogP contribution is -2.41. The van der Waals surface area contributed by atoms with E-state index in [0.29, 0.717) is 42.4 Å². The van der Waals surface area contributed by atoms with Gasteiger partial charge in [-0.15, -0.1) is 0 Å². The first-order valence-electron chi connectivity index (χ1n) is 11.2. The summed E-state index contributed by atoms with van der Waals surface area (Å²) in [5.74, 6) is 6.09. The Morgan fingerprint density at radius 1 is 1.12 bits per heavy atom. The Hall–Kier alpha value is -3.67. The molecule has 0 spiro atoms. The van der Waals surface area contributed by atoms with Crippen molar-refractivity contribution >= 4 is 23.2 Å². The zero-order valence-corrected chi connectivity index (χ0v) is 19.0. The van der Waals surface area contributed by atoms with Gasteiger partial charge in [-0.3, -0.25) is 14.4 Å². The molecule has 8 N–H and O–H groups in total. The molecule has 3 heterocycles. The highest BCUT2D eigenvalue weighted by Crippen LogP contribution is 2.24. The first kappa shape index (κ1) is 23.5. The SMILES string of the molecule is NNc1nc(N)cc(Cc2cnn(Cc3ccc(C(=O)NCCN4CCOCC4)cc3)c2)c1N. The maximum Gasteiger partial charge on any atom is 0.251 e. The van der Waals surface area contributed by atoms with Crippen molar-refractivity contribution in [2.75, 3.05) is 56.3 Å². The third-order valence-electron chi connectivity index (χ3n) is 5.76. The molecule has 1 fully saturated rings. The van der Waals surface area contributed by atoms with Crippen LogP contribution < -0.4 is 28.1 Å². The number of hydrogen-bond donors (Lipinski definition) is 5. The third-order valence-corrected chi connectivity index (χ3v) is 5.76. The molecule has 11 heteroatoms. The average Bonchev–Trinajstić information content (AvgIpc) is 3.28. The van der Waals surface area contributed by atoms with Gasteiger partial charge in [0.05, 0.1) is 31.6 Å². The zero-order chi connectivity index (χ0) is 23.9. The Balaban J connectivity index is 1.30. The van der Waals surface area contributed by atoms with Gasteiger partial charge in [0.2, 0.25) is 0 Å². The van der Waals surface area contributed by atoms with Crippen LogP contribution in [0.4, 0.5) is 17.3 Å². The minimum atomic E-state index is -0.0678. The molecule has 0 radical (unpaired) electrons. The summed E-state index contributed by atoms with van der Waals surface area (Å²) in [6, 6.07) is 9.30. The zero-order valence-electron chi connectivity index (χ0n) is 19.0. The fourth-order valence-electron chi connectivity index (χ4n) is 3.89. The number of carbonyl (C=O) groups is 1. The summed E-state index contributed by atoms with van der Waals surface area (Å²) in [5, 5.41) is 7.42. The quantitative estimate of drug-likeness (QED) is 0.223. The number of morpholine rings is 1. The van der Waals surface area contributed by atoms with Crippen molar-refractivity contribution in [3.05, 3.63) is 65.0 Å². The summed E-state index contributed by atoms with van der Waals surface area (Å²) in [4.78, 5) is 18.8. The highest BCUT2D eigenvalue weighted by Gasteiger charge is 2.12. The van der Waals surface area contributed by atoms with E-state index in [1.54, 1.807) is 12.3 Å². The normalized spacial score (nSPS) is 14.1. The number of nitrogens with two attached hydrogens (primary N) is 3. The van der Waals surface area contributed by atoms with E-state index in [0.717, 1.165) is 49.5 Å². The van der Waals surface area contributed by atoms with E-state index >= 15 is 0 Å². The fraction of sp³-hybridized carbons (Fsp3) is 0.348. The van der Waals surface area contributed by atoms with E-state index in [1.807, 2.05) is 35.1 Å². The second-order valence-corrected chi connectivity index (χ2v) is 8.24. The van der Waals surface area contributed by atoms with E-state index in [1.165, 1.54) is 0 Å². The monoisotopic (exact) mass is 465 g/mol. The van der Waals surface area contributed by atoms with Gasteiger partial charge in [-0.25, -0.2) is 10.8 Å². The fourth-order valence-corrected chi connectivity index (χ4v) is 3.89.